The second-order valence-corrected chi connectivity index (χ2v) is 4.35. The van der Waals surface area contributed by atoms with Crippen LogP contribution in [0.4, 0.5) is 0 Å². The van der Waals surface area contributed by atoms with E-state index in [2.05, 4.69) is 9.97 Å². The molecule has 0 radical (unpaired) electrons. The van der Waals surface area contributed by atoms with Gasteiger partial charge in [-0.25, -0.2) is 4.98 Å². The molecule has 17 heavy (non-hydrogen) atoms. The number of hydrogen-bond acceptors (Lipinski definition) is 3. The Morgan fingerprint density at radius 2 is 2.00 bits per heavy atom. The number of hydrogen-bond donors (Lipinski definition) is 1. The lowest BCUT2D eigenvalue weighted by Crippen LogP contribution is -2.32. The fourth-order valence-corrected chi connectivity index (χ4v) is 1.93. The average Bonchev–Trinajstić information content (AvgIpc) is 2.28. The minimum atomic E-state index is -0.509. The predicted molar refractivity (Wildman–Crippen MR) is 68.2 cm³/mol. The topological polar surface area (TPSA) is 55.0 Å². The van der Waals surface area contributed by atoms with Crippen LogP contribution >= 0.6 is 0 Å². The Morgan fingerprint density at radius 1 is 1.35 bits per heavy atom. The molecule has 96 valence electrons. The van der Waals surface area contributed by atoms with Gasteiger partial charge in [-0.3, -0.25) is 4.79 Å². The molecule has 1 heterocycles. The Bertz CT molecular complexity index is 440. The number of aromatic nitrogens is 2. The first kappa shape index (κ1) is 13.9. The molecule has 4 heteroatoms. The number of rotatable bonds is 5. The molecule has 1 N–H and O–H groups in total. The van der Waals surface area contributed by atoms with Crippen LogP contribution in [0.5, 0.6) is 0 Å². The van der Waals surface area contributed by atoms with Gasteiger partial charge in [-0.15, -0.1) is 0 Å². The van der Waals surface area contributed by atoms with Gasteiger partial charge in [0.05, 0.1) is 0 Å². The third-order valence-electron chi connectivity index (χ3n) is 3.21. The van der Waals surface area contributed by atoms with Crippen molar-refractivity contribution in [2.24, 2.45) is 0 Å². The van der Waals surface area contributed by atoms with Crippen molar-refractivity contribution in [1.82, 2.24) is 9.97 Å². The minimum absolute atomic E-state index is 0.0469. The van der Waals surface area contributed by atoms with Gasteiger partial charge in [-0.2, -0.15) is 0 Å². The van der Waals surface area contributed by atoms with Gasteiger partial charge in [0.2, 0.25) is 0 Å². The van der Waals surface area contributed by atoms with Gasteiger partial charge in [0.25, 0.3) is 5.56 Å². The molecule has 0 aliphatic rings. The monoisotopic (exact) mass is 238 g/mol. The van der Waals surface area contributed by atoms with Crippen molar-refractivity contribution in [2.75, 3.05) is 6.61 Å². The largest absolute Gasteiger partial charge is 0.368 e. The maximum absolute atomic E-state index is 11.9. The zero-order valence-electron chi connectivity index (χ0n) is 11.4. The molecule has 0 bridgehead atoms. The standard InChI is InChI=1S/C13H22N2O2/c1-6-10-9(4)14-12(15-11(10)16)13(5,7-2)17-8-3/h6-8H2,1-5H3,(H,14,15,16). The van der Waals surface area contributed by atoms with Crippen LogP contribution in [0, 0.1) is 6.92 Å². The maximum atomic E-state index is 11.9. The first-order chi connectivity index (χ1) is 7.98. The Morgan fingerprint density at radius 3 is 2.41 bits per heavy atom. The highest BCUT2D eigenvalue weighted by molar-refractivity contribution is 5.18. The van der Waals surface area contributed by atoms with Crippen LogP contribution in [-0.4, -0.2) is 16.6 Å². The van der Waals surface area contributed by atoms with Crippen LogP contribution in [0.1, 0.15) is 51.2 Å². The highest BCUT2D eigenvalue weighted by Gasteiger charge is 2.28. The molecule has 0 aliphatic heterocycles. The molecule has 1 rings (SSSR count). The number of aryl methyl sites for hydroxylation is 1. The third-order valence-corrected chi connectivity index (χ3v) is 3.21. The number of nitrogens with one attached hydrogen (secondary N) is 1. The lowest BCUT2D eigenvalue weighted by atomic mass is 10.0. The highest BCUT2D eigenvalue weighted by atomic mass is 16.5. The lowest BCUT2D eigenvalue weighted by molar-refractivity contribution is -0.0393. The summed E-state index contributed by atoms with van der Waals surface area (Å²) in [6.45, 7) is 10.4. The molecule has 0 saturated carbocycles. The van der Waals surface area contributed by atoms with Crippen LogP contribution in [-0.2, 0) is 16.8 Å². The SMILES string of the molecule is CCOC(C)(CC)c1nc(C)c(CC)c(=O)[nH]1. The molecular formula is C13H22N2O2. The summed E-state index contributed by atoms with van der Waals surface area (Å²) in [5, 5.41) is 0. The molecule has 0 spiro atoms. The Labute approximate surface area is 102 Å². The van der Waals surface area contributed by atoms with Crippen molar-refractivity contribution in [1.29, 1.82) is 0 Å². The summed E-state index contributed by atoms with van der Waals surface area (Å²) in [6.07, 6.45) is 1.47. The van der Waals surface area contributed by atoms with E-state index in [9.17, 15) is 4.79 Å². The van der Waals surface area contributed by atoms with Crippen LogP contribution in [0.25, 0.3) is 0 Å². The van der Waals surface area contributed by atoms with E-state index >= 15 is 0 Å². The fraction of sp³-hybridized carbons (Fsp3) is 0.692. The van der Waals surface area contributed by atoms with Gasteiger partial charge in [0, 0.05) is 17.9 Å². The normalized spacial score (nSPS) is 14.6. The number of H-pyrrole nitrogens is 1. The quantitative estimate of drug-likeness (QED) is 0.856. The second-order valence-electron chi connectivity index (χ2n) is 4.35. The van der Waals surface area contributed by atoms with E-state index in [4.69, 9.17) is 4.74 Å². The van der Waals surface area contributed by atoms with Crippen LogP contribution in [0.15, 0.2) is 4.79 Å². The molecule has 1 aromatic rings. The fourth-order valence-electron chi connectivity index (χ4n) is 1.93. The summed E-state index contributed by atoms with van der Waals surface area (Å²) in [4.78, 5) is 19.2. The summed E-state index contributed by atoms with van der Waals surface area (Å²) in [7, 11) is 0. The van der Waals surface area contributed by atoms with E-state index in [1.165, 1.54) is 0 Å². The van der Waals surface area contributed by atoms with Crippen molar-refractivity contribution in [2.45, 2.75) is 53.1 Å². The van der Waals surface area contributed by atoms with Gasteiger partial charge in [0.15, 0.2) is 0 Å². The maximum Gasteiger partial charge on any atom is 0.254 e. The van der Waals surface area contributed by atoms with Gasteiger partial charge in [-0.05, 0) is 33.6 Å². The zero-order chi connectivity index (χ0) is 13.1. The molecule has 4 nitrogen and oxygen atoms in total. The van der Waals surface area contributed by atoms with Gasteiger partial charge in [-0.1, -0.05) is 13.8 Å². The molecule has 0 saturated heterocycles. The second kappa shape index (κ2) is 5.45. The molecule has 0 aliphatic carbocycles. The molecule has 1 aromatic heterocycles. The van der Waals surface area contributed by atoms with Crippen LogP contribution < -0.4 is 5.56 Å². The van der Waals surface area contributed by atoms with Crippen molar-refractivity contribution in [3.8, 4) is 0 Å². The number of aromatic amines is 1. The Hall–Kier alpha value is -1.16. The van der Waals surface area contributed by atoms with Crippen LogP contribution in [0.2, 0.25) is 0 Å². The summed E-state index contributed by atoms with van der Waals surface area (Å²) in [5.74, 6) is 0.626. The van der Waals surface area contributed by atoms with Gasteiger partial charge >= 0.3 is 0 Å². The molecule has 1 atom stereocenters. The lowest BCUT2D eigenvalue weighted by Gasteiger charge is -2.27. The first-order valence-corrected chi connectivity index (χ1v) is 6.22. The summed E-state index contributed by atoms with van der Waals surface area (Å²) in [6, 6.07) is 0. The van der Waals surface area contributed by atoms with E-state index in [-0.39, 0.29) is 5.56 Å². The number of nitrogens with zero attached hydrogens (tertiary/aromatic N) is 1. The zero-order valence-corrected chi connectivity index (χ0v) is 11.4. The van der Waals surface area contributed by atoms with E-state index in [1.54, 1.807) is 0 Å². The third kappa shape index (κ3) is 2.75. The average molecular weight is 238 g/mol. The van der Waals surface area contributed by atoms with E-state index in [0.717, 1.165) is 17.7 Å². The number of ether oxygens (including phenoxy) is 1. The van der Waals surface area contributed by atoms with E-state index < -0.39 is 5.60 Å². The summed E-state index contributed by atoms with van der Waals surface area (Å²) >= 11 is 0. The van der Waals surface area contributed by atoms with Crippen molar-refractivity contribution in [3.05, 3.63) is 27.4 Å². The Balaban J connectivity index is 3.28. The van der Waals surface area contributed by atoms with Crippen molar-refractivity contribution >= 4 is 0 Å². The highest BCUT2D eigenvalue weighted by Crippen LogP contribution is 2.25. The molecular weight excluding hydrogens is 216 g/mol. The van der Waals surface area contributed by atoms with E-state index in [1.807, 2.05) is 34.6 Å². The smallest absolute Gasteiger partial charge is 0.254 e. The molecule has 0 aromatic carbocycles. The van der Waals surface area contributed by atoms with Gasteiger partial charge in [0.1, 0.15) is 11.4 Å². The van der Waals surface area contributed by atoms with E-state index in [0.29, 0.717) is 18.9 Å². The van der Waals surface area contributed by atoms with Crippen molar-refractivity contribution < 1.29 is 4.74 Å². The molecule has 1 unspecified atom stereocenters. The van der Waals surface area contributed by atoms with Crippen molar-refractivity contribution in [3.63, 3.8) is 0 Å². The van der Waals surface area contributed by atoms with Crippen LogP contribution in [0.3, 0.4) is 0 Å². The molecule has 0 fully saturated rings. The summed E-state index contributed by atoms with van der Waals surface area (Å²) in [5.41, 5.74) is 0.994. The first-order valence-electron chi connectivity index (χ1n) is 6.22. The summed E-state index contributed by atoms with van der Waals surface area (Å²) < 4.78 is 5.72. The Kier molecular flexibility index (Phi) is 4.46. The predicted octanol–water partition coefficient (Wildman–Crippen LogP) is 2.30. The van der Waals surface area contributed by atoms with Gasteiger partial charge < -0.3 is 9.72 Å². The molecule has 0 amide bonds. The minimum Gasteiger partial charge on any atom is -0.368 e.